The van der Waals surface area contributed by atoms with Crippen molar-refractivity contribution in [2.45, 2.75) is 25.2 Å². The molecule has 0 saturated heterocycles. The van der Waals surface area contributed by atoms with Gasteiger partial charge < -0.3 is 9.88 Å². The van der Waals surface area contributed by atoms with Crippen LogP contribution in [0.4, 0.5) is 42.2 Å². The third-order valence-electron chi connectivity index (χ3n) is 5.20. The summed E-state index contributed by atoms with van der Waals surface area (Å²) in [5, 5.41) is 0.281. The Balaban J connectivity index is 1.86. The summed E-state index contributed by atoms with van der Waals surface area (Å²) in [6, 6.07) is 6.59. The molecule has 1 fully saturated rings. The summed E-state index contributed by atoms with van der Waals surface area (Å²) in [7, 11) is 0. The van der Waals surface area contributed by atoms with Gasteiger partial charge in [0.05, 0.1) is 5.52 Å². The summed E-state index contributed by atoms with van der Waals surface area (Å²) < 4.78 is 94.2. The number of halogens is 8. The molecule has 0 spiro atoms. The van der Waals surface area contributed by atoms with Gasteiger partial charge in [-0.15, -0.1) is 0 Å². The number of rotatable bonds is 3. The van der Waals surface area contributed by atoms with Crippen molar-refractivity contribution in [3.63, 3.8) is 0 Å². The minimum atomic E-state index is -4.81. The predicted octanol–water partition coefficient (Wildman–Crippen LogP) is 6.11. The van der Waals surface area contributed by atoms with Crippen LogP contribution in [0.15, 0.2) is 41.2 Å². The van der Waals surface area contributed by atoms with Gasteiger partial charge in [0.2, 0.25) is 0 Å². The van der Waals surface area contributed by atoms with Crippen LogP contribution < -0.4 is 10.6 Å². The number of aromatic amines is 1. The molecular formula is C22H13ClF7N3O. The minimum absolute atomic E-state index is 0.0825. The number of anilines is 2. The summed E-state index contributed by atoms with van der Waals surface area (Å²) in [5.41, 5.74) is -3.74. The number of alkyl halides is 6. The monoisotopic (exact) mass is 503 g/mol. The molecule has 0 unspecified atom stereocenters. The number of benzene rings is 2. The Hall–Kier alpha value is -3.26. The largest absolute Gasteiger partial charge is 0.406 e. The zero-order valence-corrected chi connectivity index (χ0v) is 17.7. The Bertz CT molecular complexity index is 1380. The normalized spacial score (nSPS) is 15.1. The van der Waals surface area contributed by atoms with Crippen LogP contribution in [0.25, 0.3) is 10.9 Å². The molecule has 0 radical (unpaired) electrons. The van der Waals surface area contributed by atoms with Gasteiger partial charge in [-0.25, -0.2) is 9.18 Å². The smallest absolute Gasteiger partial charge is 0.316 e. The molecule has 2 aromatic carbocycles. The molecule has 1 aliphatic rings. The van der Waals surface area contributed by atoms with Gasteiger partial charge in [0, 0.05) is 21.7 Å². The van der Waals surface area contributed by atoms with Gasteiger partial charge in [-0.3, -0.25) is 0 Å². The Morgan fingerprint density at radius 2 is 1.79 bits per heavy atom. The quantitative estimate of drug-likeness (QED) is 0.346. The molecule has 1 saturated carbocycles. The highest BCUT2D eigenvalue weighted by molar-refractivity contribution is 6.31. The molecule has 0 bridgehead atoms. The summed E-state index contributed by atoms with van der Waals surface area (Å²) in [6.07, 6.45) is -9.81. The summed E-state index contributed by atoms with van der Waals surface area (Å²) >= 11 is 5.90. The van der Waals surface area contributed by atoms with Crippen molar-refractivity contribution in [3.8, 4) is 11.8 Å². The van der Waals surface area contributed by atoms with Gasteiger partial charge in [-0.1, -0.05) is 23.4 Å². The van der Waals surface area contributed by atoms with E-state index in [1.165, 1.54) is 18.2 Å². The van der Waals surface area contributed by atoms with Crippen LogP contribution in [0.2, 0.25) is 5.02 Å². The Kier molecular flexibility index (Phi) is 5.76. The highest BCUT2D eigenvalue weighted by Gasteiger charge is 2.62. The van der Waals surface area contributed by atoms with Crippen molar-refractivity contribution in [3.05, 3.63) is 63.3 Å². The van der Waals surface area contributed by atoms with Crippen molar-refractivity contribution < 1.29 is 30.7 Å². The molecule has 1 aromatic heterocycles. The number of nitrogens with one attached hydrogen (secondary N) is 1. The van der Waals surface area contributed by atoms with Crippen LogP contribution in [0.3, 0.4) is 0 Å². The molecule has 1 N–H and O–H groups in total. The molecule has 1 heterocycles. The molecule has 12 heteroatoms. The Morgan fingerprint density at radius 3 is 2.41 bits per heavy atom. The van der Waals surface area contributed by atoms with E-state index in [1.54, 1.807) is 0 Å². The number of aromatic nitrogens is 2. The van der Waals surface area contributed by atoms with E-state index in [-0.39, 0.29) is 34.3 Å². The highest BCUT2D eigenvalue weighted by atomic mass is 35.5. The maximum absolute atomic E-state index is 14.3. The summed E-state index contributed by atoms with van der Waals surface area (Å²) in [5.74, 6) is 2.86. The topological polar surface area (TPSA) is 49.0 Å². The van der Waals surface area contributed by atoms with Crippen LogP contribution in [0, 0.1) is 23.1 Å². The van der Waals surface area contributed by atoms with Gasteiger partial charge in [0.25, 0.3) is 0 Å². The van der Waals surface area contributed by atoms with E-state index < -0.39 is 47.3 Å². The van der Waals surface area contributed by atoms with E-state index in [0.29, 0.717) is 4.90 Å². The minimum Gasteiger partial charge on any atom is -0.316 e. The van der Waals surface area contributed by atoms with Crippen LogP contribution in [-0.2, 0) is 0 Å². The van der Waals surface area contributed by atoms with E-state index in [4.69, 9.17) is 11.6 Å². The summed E-state index contributed by atoms with van der Waals surface area (Å²) in [4.78, 5) is 18.6. The van der Waals surface area contributed by atoms with Gasteiger partial charge in [-0.05, 0) is 49.2 Å². The predicted molar refractivity (Wildman–Crippen MR) is 111 cm³/mol. The fourth-order valence-corrected chi connectivity index (χ4v) is 3.56. The zero-order valence-electron chi connectivity index (χ0n) is 16.9. The van der Waals surface area contributed by atoms with Gasteiger partial charge in [-0.2, -0.15) is 31.3 Å². The van der Waals surface area contributed by atoms with E-state index in [1.807, 2.05) is 0 Å². The molecule has 0 aliphatic heterocycles. The van der Waals surface area contributed by atoms with Crippen molar-refractivity contribution in [1.29, 1.82) is 0 Å². The second-order valence-electron chi connectivity index (χ2n) is 7.78. The van der Waals surface area contributed by atoms with Crippen LogP contribution in [-0.4, -0.2) is 28.9 Å². The average Bonchev–Trinajstić information content (AvgIpc) is 3.50. The van der Waals surface area contributed by atoms with Crippen LogP contribution in [0.1, 0.15) is 18.4 Å². The summed E-state index contributed by atoms with van der Waals surface area (Å²) in [6.45, 7) is -1.66. The second-order valence-corrected chi connectivity index (χ2v) is 8.22. The molecule has 0 amide bonds. The van der Waals surface area contributed by atoms with Crippen molar-refractivity contribution in [2.75, 3.05) is 11.4 Å². The molecule has 34 heavy (non-hydrogen) atoms. The SMILES string of the molecule is O=c1nc(N(CC(F)(F)F)c2cc(F)cc(C#CC3(C(F)(F)F)CC3)c2)c2ccc(Cl)cc2[nH]1. The number of H-pyrrole nitrogens is 1. The molecule has 3 aromatic rings. The second kappa shape index (κ2) is 8.20. The average molecular weight is 504 g/mol. The maximum Gasteiger partial charge on any atom is 0.406 e. The van der Waals surface area contributed by atoms with Crippen molar-refractivity contribution in [1.82, 2.24) is 9.97 Å². The zero-order chi connectivity index (χ0) is 24.9. The number of nitrogens with zero attached hydrogens (tertiary/aromatic N) is 2. The van der Waals surface area contributed by atoms with E-state index >= 15 is 0 Å². The molecule has 4 nitrogen and oxygen atoms in total. The lowest BCUT2D eigenvalue weighted by Gasteiger charge is -2.26. The lowest BCUT2D eigenvalue weighted by atomic mass is 10.1. The fourth-order valence-electron chi connectivity index (χ4n) is 3.39. The molecular weight excluding hydrogens is 491 g/mol. The van der Waals surface area contributed by atoms with Crippen LogP contribution in [0.5, 0.6) is 0 Å². The Morgan fingerprint density at radius 1 is 1.09 bits per heavy atom. The van der Waals surface area contributed by atoms with Gasteiger partial charge in [0.15, 0.2) is 0 Å². The number of hydrogen-bond donors (Lipinski definition) is 1. The first-order chi connectivity index (χ1) is 15.8. The third-order valence-corrected chi connectivity index (χ3v) is 5.43. The molecule has 1 aliphatic carbocycles. The highest BCUT2D eigenvalue weighted by Crippen LogP contribution is 2.57. The fraction of sp³-hybridized carbons (Fsp3) is 0.273. The first kappa shape index (κ1) is 23.9. The third kappa shape index (κ3) is 4.97. The Labute approximate surface area is 192 Å². The first-order valence-electron chi connectivity index (χ1n) is 9.71. The van der Waals surface area contributed by atoms with E-state index in [0.717, 1.165) is 18.2 Å². The lowest BCUT2D eigenvalue weighted by Crippen LogP contribution is -2.32. The first-order valence-corrected chi connectivity index (χ1v) is 10.1. The number of fused-ring (bicyclic) bond motifs is 1. The standard InChI is InChI=1S/C22H13ClF7N3O/c23-13-1-2-16-17(9-13)31-19(34)32-18(16)33(11-21(25,26)27)15-8-12(7-14(24)10-15)3-4-20(5-6-20)22(28,29)30/h1-2,7-10H,5-6,11H2,(H,31,32,34). The van der Waals surface area contributed by atoms with E-state index in [2.05, 4.69) is 21.8 Å². The number of hydrogen-bond acceptors (Lipinski definition) is 3. The van der Waals surface area contributed by atoms with E-state index in [9.17, 15) is 35.5 Å². The van der Waals surface area contributed by atoms with Gasteiger partial charge in [0.1, 0.15) is 23.6 Å². The molecule has 0 atom stereocenters. The molecule has 178 valence electrons. The van der Waals surface area contributed by atoms with Crippen LogP contribution >= 0.6 is 11.6 Å². The van der Waals surface area contributed by atoms with Crippen molar-refractivity contribution in [2.24, 2.45) is 5.41 Å². The maximum atomic E-state index is 14.3. The van der Waals surface area contributed by atoms with Crippen molar-refractivity contribution >= 4 is 34.0 Å². The van der Waals surface area contributed by atoms with Gasteiger partial charge >= 0.3 is 18.0 Å². The molecule has 4 rings (SSSR count). The lowest BCUT2D eigenvalue weighted by molar-refractivity contribution is -0.168.